The van der Waals surface area contributed by atoms with E-state index in [4.69, 9.17) is 12.2 Å². The van der Waals surface area contributed by atoms with Gasteiger partial charge >= 0.3 is 0 Å². The number of hydrogen-bond acceptors (Lipinski definition) is 3. The number of amides is 2. The maximum absolute atomic E-state index is 12.3. The van der Waals surface area contributed by atoms with Gasteiger partial charge in [0.25, 0.3) is 11.8 Å². The monoisotopic (exact) mass is 433 g/mol. The van der Waals surface area contributed by atoms with Crippen LogP contribution < -0.4 is 16.2 Å². The van der Waals surface area contributed by atoms with Crippen LogP contribution in [0.2, 0.25) is 0 Å². The SMILES string of the molecule is CC(C)(C)c1ccc(C(=O)NC(=S)NNC(=O)c2ccccc2)cc1Br. The molecular formula is C19H20BrN3O2S. The molecule has 0 saturated carbocycles. The molecule has 3 N–H and O–H groups in total. The molecule has 0 unspecified atom stereocenters. The Morgan fingerprint density at radius 2 is 1.58 bits per heavy atom. The Kier molecular flexibility index (Phi) is 6.50. The lowest BCUT2D eigenvalue weighted by molar-refractivity contribution is 0.0934. The fourth-order valence-electron chi connectivity index (χ4n) is 2.25. The number of carbonyl (C=O) groups excluding carboxylic acids is 2. The van der Waals surface area contributed by atoms with Gasteiger partial charge in [0.15, 0.2) is 5.11 Å². The first-order valence-electron chi connectivity index (χ1n) is 7.95. The molecule has 0 aliphatic carbocycles. The molecule has 0 spiro atoms. The van der Waals surface area contributed by atoms with Crippen molar-refractivity contribution >= 4 is 45.1 Å². The molecule has 2 rings (SSSR count). The van der Waals surface area contributed by atoms with E-state index in [1.165, 1.54) is 0 Å². The highest BCUT2D eigenvalue weighted by molar-refractivity contribution is 9.10. The normalized spacial score (nSPS) is 10.8. The van der Waals surface area contributed by atoms with Crippen molar-refractivity contribution in [3.63, 3.8) is 0 Å². The highest BCUT2D eigenvalue weighted by Crippen LogP contribution is 2.30. The molecule has 0 aliphatic heterocycles. The molecule has 5 nitrogen and oxygen atoms in total. The van der Waals surface area contributed by atoms with Crippen LogP contribution in [0.15, 0.2) is 53.0 Å². The average molecular weight is 434 g/mol. The Bertz CT molecular complexity index is 832. The quantitative estimate of drug-likeness (QED) is 0.498. The molecule has 0 aliphatic rings. The van der Waals surface area contributed by atoms with E-state index in [9.17, 15) is 9.59 Å². The molecule has 136 valence electrons. The molecule has 2 aromatic rings. The van der Waals surface area contributed by atoms with Crippen LogP contribution in [0.3, 0.4) is 0 Å². The Morgan fingerprint density at radius 3 is 2.15 bits per heavy atom. The third-order valence-electron chi connectivity index (χ3n) is 3.59. The van der Waals surface area contributed by atoms with E-state index in [-0.39, 0.29) is 22.3 Å². The molecular weight excluding hydrogens is 414 g/mol. The zero-order chi connectivity index (χ0) is 19.3. The summed E-state index contributed by atoms with van der Waals surface area (Å²) in [5, 5.41) is 2.54. The highest BCUT2D eigenvalue weighted by atomic mass is 79.9. The lowest BCUT2D eigenvalue weighted by Crippen LogP contribution is -2.48. The molecule has 7 heteroatoms. The fourth-order valence-corrected chi connectivity index (χ4v) is 3.36. The molecule has 0 aromatic heterocycles. The van der Waals surface area contributed by atoms with Gasteiger partial charge in [-0.2, -0.15) is 0 Å². The zero-order valence-corrected chi connectivity index (χ0v) is 17.1. The predicted octanol–water partition coefficient (Wildman–Crippen LogP) is 3.70. The van der Waals surface area contributed by atoms with Crippen LogP contribution in [0.1, 0.15) is 47.1 Å². The molecule has 26 heavy (non-hydrogen) atoms. The number of halogens is 1. The van der Waals surface area contributed by atoms with Crippen LogP contribution in [0.25, 0.3) is 0 Å². The maximum atomic E-state index is 12.3. The minimum Gasteiger partial charge on any atom is -0.298 e. The summed E-state index contributed by atoms with van der Waals surface area (Å²) < 4.78 is 0.855. The standard InChI is InChI=1S/C19H20BrN3O2S/c1-19(2,3)14-10-9-13(11-15(14)20)16(24)21-18(26)23-22-17(25)12-7-5-4-6-8-12/h4-11H,1-3H3,(H,22,25)(H2,21,23,24,26). The van der Waals surface area contributed by atoms with Gasteiger partial charge in [-0.3, -0.25) is 25.8 Å². The Labute approximate surface area is 166 Å². The summed E-state index contributed by atoms with van der Waals surface area (Å²) in [5.74, 6) is -0.711. The van der Waals surface area contributed by atoms with E-state index in [1.54, 1.807) is 36.4 Å². The Hall–Kier alpha value is -2.25. The van der Waals surface area contributed by atoms with E-state index >= 15 is 0 Å². The second kappa shape index (κ2) is 8.42. The first kappa shape index (κ1) is 20.1. The van der Waals surface area contributed by atoms with Crippen molar-refractivity contribution in [2.24, 2.45) is 0 Å². The minimum absolute atomic E-state index is 0.00954. The summed E-state index contributed by atoms with van der Waals surface area (Å²) in [4.78, 5) is 24.2. The second-order valence-corrected chi connectivity index (χ2v) is 7.94. The molecule has 2 amide bonds. The fraction of sp³-hybridized carbons (Fsp3) is 0.211. The molecule has 0 heterocycles. The number of hydrazine groups is 1. The molecule has 0 saturated heterocycles. The van der Waals surface area contributed by atoms with Gasteiger partial charge in [0.2, 0.25) is 0 Å². The van der Waals surface area contributed by atoms with Gasteiger partial charge in [0.1, 0.15) is 0 Å². The molecule has 2 aromatic carbocycles. The lowest BCUT2D eigenvalue weighted by atomic mass is 9.86. The second-order valence-electron chi connectivity index (χ2n) is 6.67. The van der Waals surface area contributed by atoms with Gasteiger partial charge in [-0.25, -0.2) is 0 Å². The smallest absolute Gasteiger partial charge is 0.269 e. The summed E-state index contributed by atoms with van der Waals surface area (Å²) in [6.07, 6.45) is 0. The minimum atomic E-state index is -0.363. The number of nitrogens with one attached hydrogen (secondary N) is 3. The van der Waals surface area contributed by atoms with Gasteiger partial charge in [-0.15, -0.1) is 0 Å². The first-order valence-corrected chi connectivity index (χ1v) is 9.15. The van der Waals surface area contributed by atoms with E-state index in [2.05, 4.69) is 52.9 Å². The topological polar surface area (TPSA) is 70.2 Å². The van der Waals surface area contributed by atoms with E-state index in [0.29, 0.717) is 11.1 Å². The van der Waals surface area contributed by atoms with Crippen molar-refractivity contribution < 1.29 is 9.59 Å². The summed E-state index contributed by atoms with van der Waals surface area (Å²) in [6, 6.07) is 14.1. The van der Waals surface area contributed by atoms with Gasteiger partial charge < -0.3 is 0 Å². The third kappa shape index (κ3) is 5.37. The Morgan fingerprint density at radius 1 is 0.923 bits per heavy atom. The highest BCUT2D eigenvalue weighted by Gasteiger charge is 2.18. The molecule has 0 fully saturated rings. The predicted molar refractivity (Wildman–Crippen MR) is 110 cm³/mol. The van der Waals surface area contributed by atoms with Crippen molar-refractivity contribution in [1.29, 1.82) is 0 Å². The van der Waals surface area contributed by atoms with Crippen molar-refractivity contribution in [3.05, 3.63) is 69.7 Å². The number of carbonyl (C=O) groups is 2. The van der Waals surface area contributed by atoms with E-state index < -0.39 is 0 Å². The summed E-state index contributed by atoms with van der Waals surface area (Å²) >= 11 is 8.55. The molecule has 0 bridgehead atoms. The van der Waals surface area contributed by atoms with Crippen LogP contribution in [-0.2, 0) is 5.41 Å². The van der Waals surface area contributed by atoms with Crippen molar-refractivity contribution in [2.75, 3.05) is 0 Å². The van der Waals surface area contributed by atoms with Crippen LogP contribution in [0, 0.1) is 0 Å². The summed E-state index contributed by atoms with van der Waals surface area (Å²) in [6.45, 7) is 6.30. The van der Waals surface area contributed by atoms with Crippen molar-refractivity contribution in [2.45, 2.75) is 26.2 Å². The van der Waals surface area contributed by atoms with Gasteiger partial charge in [0.05, 0.1) is 0 Å². The maximum Gasteiger partial charge on any atom is 0.269 e. The lowest BCUT2D eigenvalue weighted by Gasteiger charge is -2.21. The molecule has 0 radical (unpaired) electrons. The van der Waals surface area contributed by atoms with Gasteiger partial charge in [-0.05, 0) is 47.5 Å². The first-order chi connectivity index (χ1) is 12.2. The zero-order valence-electron chi connectivity index (χ0n) is 14.7. The Balaban J connectivity index is 1.94. The number of benzene rings is 2. The van der Waals surface area contributed by atoms with Crippen LogP contribution in [0.5, 0.6) is 0 Å². The summed E-state index contributed by atoms with van der Waals surface area (Å²) in [7, 11) is 0. The van der Waals surface area contributed by atoms with E-state index in [0.717, 1.165) is 10.0 Å². The average Bonchev–Trinajstić information content (AvgIpc) is 2.59. The van der Waals surface area contributed by atoms with Crippen LogP contribution >= 0.6 is 28.1 Å². The number of rotatable bonds is 2. The molecule has 0 atom stereocenters. The summed E-state index contributed by atoms with van der Waals surface area (Å²) in [5.41, 5.74) is 6.97. The van der Waals surface area contributed by atoms with E-state index in [1.807, 2.05) is 12.1 Å². The third-order valence-corrected chi connectivity index (χ3v) is 4.45. The number of hydrogen-bond donors (Lipinski definition) is 3. The van der Waals surface area contributed by atoms with Gasteiger partial charge in [0, 0.05) is 15.6 Å². The number of thiocarbonyl (C=S) groups is 1. The van der Waals surface area contributed by atoms with Gasteiger partial charge in [-0.1, -0.05) is 61.0 Å². The van der Waals surface area contributed by atoms with Crippen LogP contribution in [-0.4, -0.2) is 16.9 Å². The van der Waals surface area contributed by atoms with Crippen molar-refractivity contribution in [3.8, 4) is 0 Å². The van der Waals surface area contributed by atoms with Crippen LogP contribution in [0.4, 0.5) is 0 Å². The van der Waals surface area contributed by atoms with Crippen molar-refractivity contribution in [1.82, 2.24) is 16.2 Å². The largest absolute Gasteiger partial charge is 0.298 e.